The summed E-state index contributed by atoms with van der Waals surface area (Å²) >= 11 is 1.74. The molecule has 2 N–H and O–H groups in total. The SMILES string of the molecule is Cc1c(C(=O)NC2CCOCC2)c2cnc(Nc3ccnc(-c4cnn(SC5CC5)c4)n3)cc2n1C(C)C. The summed E-state index contributed by atoms with van der Waals surface area (Å²) in [7, 11) is 0. The van der Waals surface area contributed by atoms with Crippen LogP contribution in [0.15, 0.2) is 36.9 Å². The van der Waals surface area contributed by atoms with Gasteiger partial charge in [-0.05, 0) is 64.5 Å². The first-order chi connectivity index (χ1) is 18.5. The van der Waals surface area contributed by atoms with Gasteiger partial charge in [0, 0.05) is 66.3 Å². The number of fused-ring (bicyclic) bond motifs is 1. The first-order valence-corrected chi connectivity index (χ1v) is 14.0. The fraction of sp³-hybridized carbons (Fsp3) is 0.444. The Morgan fingerprint density at radius 1 is 1.13 bits per heavy atom. The molecule has 6 rings (SSSR count). The predicted octanol–water partition coefficient (Wildman–Crippen LogP) is 4.89. The van der Waals surface area contributed by atoms with Gasteiger partial charge < -0.3 is 19.9 Å². The Labute approximate surface area is 225 Å². The molecule has 4 aromatic rings. The molecule has 0 unspecified atom stereocenters. The molecule has 5 heterocycles. The fourth-order valence-electron chi connectivity index (χ4n) is 4.96. The number of rotatable bonds is 8. The minimum atomic E-state index is -0.0536. The molecule has 0 atom stereocenters. The van der Waals surface area contributed by atoms with E-state index in [9.17, 15) is 4.79 Å². The maximum Gasteiger partial charge on any atom is 0.254 e. The largest absolute Gasteiger partial charge is 0.381 e. The van der Waals surface area contributed by atoms with Gasteiger partial charge in [-0.1, -0.05) is 0 Å². The standard InChI is InChI=1S/C27H32N8O2S/c1-16(2)35-17(3)25(27(36)31-19-7-10-37-11-8-19)21-14-29-24(12-22(21)35)32-23-6-9-28-26(33-23)18-13-30-34(15-18)38-20-4-5-20/h6,9,12-16,19-20H,4-5,7-8,10-11H2,1-3H3,(H,31,36)(H,28,29,32,33). The summed E-state index contributed by atoms with van der Waals surface area (Å²) in [5.41, 5.74) is 3.45. The van der Waals surface area contributed by atoms with Crippen molar-refractivity contribution in [2.45, 2.75) is 63.8 Å². The Hall–Kier alpha value is -3.44. The summed E-state index contributed by atoms with van der Waals surface area (Å²) in [6.45, 7) is 7.61. The summed E-state index contributed by atoms with van der Waals surface area (Å²) < 4.78 is 9.53. The number of pyridine rings is 1. The molecule has 0 radical (unpaired) electrons. The molecule has 1 amide bonds. The van der Waals surface area contributed by atoms with E-state index < -0.39 is 0 Å². The Morgan fingerprint density at radius 2 is 1.95 bits per heavy atom. The van der Waals surface area contributed by atoms with Gasteiger partial charge in [0.15, 0.2) is 5.82 Å². The van der Waals surface area contributed by atoms with E-state index in [1.165, 1.54) is 12.8 Å². The number of hydrogen-bond donors (Lipinski definition) is 2. The van der Waals surface area contributed by atoms with Crippen molar-refractivity contribution >= 4 is 40.4 Å². The maximum atomic E-state index is 13.4. The molecule has 11 heteroatoms. The number of amides is 1. The van der Waals surface area contributed by atoms with Crippen molar-refractivity contribution in [3.63, 3.8) is 0 Å². The van der Waals surface area contributed by atoms with E-state index >= 15 is 0 Å². The zero-order valence-electron chi connectivity index (χ0n) is 21.8. The average Bonchev–Trinajstić information content (AvgIpc) is 3.50. The van der Waals surface area contributed by atoms with Crippen molar-refractivity contribution in [2.24, 2.45) is 0 Å². The lowest BCUT2D eigenvalue weighted by Gasteiger charge is -2.23. The molecule has 0 aromatic carbocycles. The van der Waals surface area contributed by atoms with Crippen molar-refractivity contribution in [3.8, 4) is 11.4 Å². The van der Waals surface area contributed by atoms with Gasteiger partial charge in [-0.3, -0.25) is 4.79 Å². The second kappa shape index (κ2) is 10.4. The van der Waals surface area contributed by atoms with Crippen LogP contribution in [-0.2, 0) is 4.74 Å². The number of carbonyl (C=O) groups excluding carboxylic acids is 1. The van der Waals surface area contributed by atoms with Gasteiger partial charge in [-0.2, -0.15) is 5.10 Å². The molecule has 2 aliphatic rings. The van der Waals surface area contributed by atoms with Crippen LogP contribution in [0.5, 0.6) is 0 Å². The molecule has 1 aliphatic heterocycles. The van der Waals surface area contributed by atoms with Crippen molar-refractivity contribution in [3.05, 3.63) is 48.2 Å². The highest BCUT2D eigenvalue weighted by molar-refractivity contribution is 7.98. The Kier molecular flexibility index (Phi) is 6.79. The summed E-state index contributed by atoms with van der Waals surface area (Å²) in [5.74, 6) is 1.84. The van der Waals surface area contributed by atoms with Crippen molar-refractivity contribution < 1.29 is 9.53 Å². The third-order valence-corrected chi connectivity index (χ3v) is 8.13. The molecule has 0 bridgehead atoms. The van der Waals surface area contributed by atoms with E-state index in [-0.39, 0.29) is 18.0 Å². The highest BCUT2D eigenvalue weighted by Crippen LogP contribution is 2.35. The third kappa shape index (κ3) is 5.12. The minimum Gasteiger partial charge on any atom is -0.381 e. The van der Waals surface area contributed by atoms with E-state index in [0.717, 1.165) is 35.0 Å². The number of hydrogen-bond acceptors (Lipinski definition) is 8. The monoisotopic (exact) mass is 532 g/mol. The zero-order valence-corrected chi connectivity index (χ0v) is 22.7. The predicted molar refractivity (Wildman–Crippen MR) is 149 cm³/mol. The van der Waals surface area contributed by atoms with Crippen LogP contribution in [0.1, 0.15) is 61.6 Å². The van der Waals surface area contributed by atoms with Crippen molar-refractivity contribution in [2.75, 3.05) is 18.5 Å². The van der Waals surface area contributed by atoms with E-state index in [0.29, 0.717) is 41.5 Å². The van der Waals surface area contributed by atoms with Crippen LogP contribution < -0.4 is 10.6 Å². The number of anilines is 2. The van der Waals surface area contributed by atoms with Gasteiger partial charge in [0.25, 0.3) is 5.91 Å². The van der Waals surface area contributed by atoms with Crippen LogP contribution in [0.3, 0.4) is 0 Å². The molecule has 4 aromatic heterocycles. The van der Waals surface area contributed by atoms with Gasteiger partial charge >= 0.3 is 0 Å². The Balaban J connectivity index is 1.27. The average molecular weight is 533 g/mol. The third-order valence-electron chi connectivity index (χ3n) is 6.95. The second-order valence-electron chi connectivity index (χ2n) is 10.2. The zero-order chi connectivity index (χ0) is 26.2. The van der Waals surface area contributed by atoms with Crippen LogP contribution in [0, 0.1) is 6.92 Å². The number of ether oxygens (including phenoxy) is 1. The first kappa shape index (κ1) is 24.9. The lowest BCUT2D eigenvalue weighted by Crippen LogP contribution is -2.39. The normalized spacial score (nSPS) is 16.3. The second-order valence-corrected chi connectivity index (χ2v) is 11.4. The van der Waals surface area contributed by atoms with Gasteiger partial charge in [-0.25, -0.2) is 19.0 Å². The molecular formula is C27H32N8O2S. The highest BCUT2D eigenvalue weighted by atomic mass is 32.2. The molecule has 1 saturated carbocycles. The molecule has 38 heavy (non-hydrogen) atoms. The van der Waals surface area contributed by atoms with Gasteiger partial charge in [0.1, 0.15) is 11.6 Å². The molecule has 198 valence electrons. The number of aromatic nitrogens is 6. The number of carbonyl (C=O) groups is 1. The summed E-state index contributed by atoms with van der Waals surface area (Å²) in [4.78, 5) is 27.1. The lowest BCUT2D eigenvalue weighted by molar-refractivity contribution is 0.0697. The van der Waals surface area contributed by atoms with Crippen LogP contribution >= 0.6 is 11.9 Å². The fourth-order valence-corrected chi connectivity index (χ4v) is 5.88. The number of nitrogens with zero attached hydrogens (tertiary/aromatic N) is 6. The molecule has 1 saturated heterocycles. The van der Waals surface area contributed by atoms with Crippen molar-refractivity contribution in [1.29, 1.82) is 0 Å². The van der Waals surface area contributed by atoms with Gasteiger partial charge in [-0.15, -0.1) is 0 Å². The van der Waals surface area contributed by atoms with E-state index in [4.69, 9.17) is 9.72 Å². The van der Waals surface area contributed by atoms with Crippen LogP contribution in [0.4, 0.5) is 11.6 Å². The van der Waals surface area contributed by atoms with Gasteiger partial charge in [0.2, 0.25) is 0 Å². The lowest BCUT2D eigenvalue weighted by atomic mass is 10.1. The highest BCUT2D eigenvalue weighted by Gasteiger charge is 2.25. The van der Waals surface area contributed by atoms with Crippen LogP contribution in [-0.4, -0.2) is 59.1 Å². The minimum absolute atomic E-state index is 0.0536. The Bertz CT molecular complexity index is 1470. The molecule has 1 aliphatic carbocycles. The van der Waals surface area contributed by atoms with E-state index in [1.807, 2.05) is 29.3 Å². The quantitative estimate of drug-likeness (QED) is 0.330. The molecule has 0 spiro atoms. The molecular weight excluding hydrogens is 500 g/mol. The Morgan fingerprint density at radius 3 is 2.71 bits per heavy atom. The van der Waals surface area contributed by atoms with E-state index in [2.05, 4.69) is 44.1 Å². The molecule has 10 nitrogen and oxygen atoms in total. The van der Waals surface area contributed by atoms with E-state index in [1.54, 1.807) is 30.5 Å². The first-order valence-electron chi connectivity index (χ1n) is 13.2. The maximum absolute atomic E-state index is 13.4. The summed E-state index contributed by atoms with van der Waals surface area (Å²) in [5, 5.41) is 12.5. The van der Waals surface area contributed by atoms with Crippen LogP contribution in [0.25, 0.3) is 22.3 Å². The summed E-state index contributed by atoms with van der Waals surface area (Å²) in [6.07, 6.45) is 11.4. The van der Waals surface area contributed by atoms with Crippen molar-refractivity contribution in [1.82, 2.24) is 34.0 Å². The molecule has 2 fully saturated rings. The smallest absolute Gasteiger partial charge is 0.254 e. The topological polar surface area (TPSA) is 112 Å². The number of nitrogens with one attached hydrogen (secondary N) is 2. The van der Waals surface area contributed by atoms with Crippen LogP contribution in [0.2, 0.25) is 0 Å². The van der Waals surface area contributed by atoms with Gasteiger partial charge in [0.05, 0.1) is 22.8 Å². The summed E-state index contributed by atoms with van der Waals surface area (Å²) in [6, 6.07) is 4.11.